The van der Waals surface area contributed by atoms with Crippen LogP contribution in [0.25, 0.3) is 11.1 Å². The Hall–Kier alpha value is -2.49. The van der Waals surface area contributed by atoms with E-state index >= 15 is 0 Å². The van der Waals surface area contributed by atoms with Crippen molar-refractivity contribution in [2.24, 2.45) is 0 Å². The summed E-state index contributed by atoms with van der Waals surface area (Å²) in [6, 6.07) is 2.81. The number of aromatic nitrogens is 3. The van der Waals surface area contributed by atoms with Gasteiger partial charge in [0.15, 0.2) is 17.7 Å². The number of benzene rings is 1. The number of nitrogens with one attached hydrogen (secondary N) is 1. The lowest BCUT2D eigenvalue weighted by atomic mass is 10.1. The summed E-state index contributed by atoms with van der Waals surface area (Å²) in [6.07, 6.45) is -0.858. The number of piperidine rings is 1. The maximum Gasteiger partial charge on any atom is 0.279 e. The molecule has 32 heavy (non-hydrogen) atoms. The first-order chi connectivity index (χ1) is 16.8. The molecule has 170 valence electrons. The van der Waals surface area contributed by atoms with E-state index in [-0.39, 0.29) is 29.4 Å². The number of hydrogen-bond acceptors (Lipinski definition) is 5. The monoisotopic (exact) mass is 489 g/mol. The second kappa shape index (κ2) is 9.56. The standard InChI is InChI=1S/C21H20Cl2F3N5O/c22-14-1-2-15(24)18(23)17(14)19(20(25)26)32-16-7-11(8-29-21(16)27)12-9-30-31(10-12)13-3-5-28-6-4-13/h1-2,7-10,13,19-20,28H,3-6H2,(H2,27,29)/i5D2,6D2. The fourth-order valence-electron chi connectivity index (χ4n) is 3.23. The van der Waals surface area contributed by atoms with Crippen LogP contribution in [0.2, 0.25) is 10.0 Å². The van der Waals surface area contributed by atoms with E-state index in [2.05, 4.69) is 15.4 Å². The van der Waals surface area contributed by atoms with Gasteiger partial charge in [-0.05, 0) is 44.0 Å². The second-order valence-corrected chi connectivity index (χ2v) is 7.77. The number of nitrogens with two attached hydrogens (primary N) is 1. The number of ether oxygens (including phenoxy) is 1. The molecule has 1 saturated heterocycles. The van der Waals surface area contributed by atoms with Crippen LogP contribution in [0.1, 0.15) is 36.0 Å². The molecule has 3 aromatic rings. The number of anilines is 1. The first-order valence-electron chi connectivity index (χ1n) is 11.4. The molecular formula is C21H20Cl2F3N5O. The fourth-order valence-corrected chi connectivity index (χ4v) is 3.82. The van der Waals surface area contributed by atoms with E-state index in [4.69, 9.17) is 39.2 Å². The summed E-state index contributed by atoms with van der Waals surface area (Å²) in [7, 11) is 0. The molecule has 0 aliphatic carbocycles. The van der Waals surface area contributed by atoms with Gasteiger partial charge in [0.25, 0.3) is 6.43 Å². The van der Waals surface area contributed by atoms with Gasteiger partial charge in [-0.15, -0.1) is 0 Å². The van der Waals surface area contributed by atoms with Crippen LogP contribution in [0.5, 0.6) is 5.75 Å². The van der Waals surface area contributed by atoms with E-state index in [1.807, 2.05) is 0 Å². The third-order valence-corrected chi connectivity index (χ3v) is 5.60. The zero-order valence-electron chi connectivity index (χ0n) is 20.3. The van der Waals surface area contributed by atoms with E-state index in [0.29, 0.717) is 11.1 Å². The van der Waals surface area contributed by atoms with E-state index in [0.717, 1.165) is 12.1 Å². The lowest BCUT2D eigenvalue weighted by Crippen LogP contribution is -2.29. The molecule has 4 rings (SSSR count). The molecule has 1 fully saturated rings. The second-order valence-electron chi connectivity index (χ2n) is 6.99. The highest BCUT2D eigenvalue weighted by molar-refractivity contribution is 6.36. The maximum absolute atomic E-state index is 14.0. The molecular weight excluding hydrogens is 466 g/mol. The number of halogens is 5. The van der Waals surface area contributed by atoms with Gasteiger partial charge in [-0.1, -0.05) is 23.2 Å². The molecule has 6 nitrogen and oxygen atoms in total. The Labute approximate surface area is 198 Å². The van der Waals surface area contributed by atoms with Crippen molar-refractivity contribution >= 4 is 29.0 Å². The van der Waals surface area contributed by atoms with Crippen LogP contribution in [0.15, 0.2) is 36.8 Å². The Bertz CT molecular complexity index is 1260. The van der Waals surface area contributed by atoms with E-state index in [1.54, 1.807) is 6.20 Å². The Morgan fingerprint density at radius 1 is 1.22 bits per heavy atom. The molecule has 0 amide bonds. The van der Waals surface area contributed by atoms with E-state index in [9.17, 15) is 13.2 Å². The third-order valence-electron chi connectivity index (χ3n) is 4.89. The molecule has 3 heterocycles. The number of nitrogens with zero attached hydrogens (tertiary/aromatic N) is 3. The predicted octanol–water partition coefficient (Wildman–Crippen LogP) is 5.28. The summed E-state index contributed by atoms with van der Waals surface area (Å²) in [5.41, 5.74) is 6.28. The molecule has 0 radical (unpaired) electrons. The van der Waals surface area contributed by atoms with Crippen LogP contribution in [0.4, 0.5) is 19.0 Å². The van der Waals surface area contributed by atoms with Crippen LogP contribution in [-0.4, -0.2) is 34.2 Å². The van der Waals surface area contributed by atoms with Gasteiger partial charge >= 0.3 is 0 Å². The van der Waals surface area contributed by atoms with E-state index in [1.165, 1.54) is 23.1 Å². The van der Waals surface area contributed by atoms with Gasteiger partial charge in [0.2, 0.25) is 0 Å². The summed E-state index contributed by atoms with van der Waals surface area (Å²) >= 11 is 11.9. The Balaban J connectivity index is 1.64. The average molecular weight is 490 g/mol. The van der Waals surface area contributed by atoms with Crippen molar-refractivity contribution in [3.63, 3.8) is 0 Å². The summed E-state index contributed by atoms with van der Waals surface area (Å²) in [4.78, 5) is 3.99. The first kappa shape index (κ1) is 18.0. The van der Waals surface area contributed by atoms with Crippen LogP contribution in [0, 0.1) is 5.82 Å². The summed E-state index contributed by atoms with van der Waals surface area (Å²) in [5, 5.41) is 5.74. The Morgan fingerprint density at radius 3 is 2.69 bits per heavy atom. The smallest absolute Gasteiger partial charge is 0.279 e. The lowest BCUT2D eigenvalue weighted by Gasteiger charge is -2.22. The summed E-state index contributed by atoms with van der Waals surface area (Å²) < 4.78 is 80.4. The van der Waals surface area contributed by atoms with Gasteiger partial charge in [0, 0.05) is 39.6 Å². The van der Waals surface area contributed by atoms with Crippen LogP contribution < -0.4 is 15.8 Å². The van der Waals surface area contributed by atoms with Crippen molar-refractivity contribution in [2.45, 2.75) is 31.4 Å². The minimum Gasteiger partial charge on any atom is -0.476 e. The highest BCUT2D eigenvalue weighted by Gasteiger charge is 2.31. The van der Waals surface area contributed by atoms with Gasteiger partial charge < -0.3 is 15.8 Å². The SMILES string of the molecule is [2H]C1([2H])CC(n2cc(-c3cnc(N)c(OC(c4c(Cl)ccc(F)c4Cl)C(F)F)c3)cn2)CC([2H])([2H])N1. The number of alkyl halides is 2. The largest absolute Gasteiger partial charge is 0.476 e. The summed E-state index contributed by atoms with van der Waals surface area (Å²) in [5.74, 6) is -1.37. The molecule has 0 saturated carbocycles. The Morgan fingerprint density at radius 2 is 1.97 bits per heavy atom. The van der Waals surface area contributed by atoms with Gasteiger partial charge in [-0.25, -0.2) is 18.2 Å². The van der Waals surface area contributed by atoms with Crippen LogP contribution in [-0.2, 0) is 0 Å². The molecule has 3 N–H and O–H groups in total. The van der Waals surface area contributed by atoms with Gasteiger partial charge in [0.1, 0.15) is 5.82 Å². The Kier molecular flexibility index (Phi) is 5.38. The summed E-state index contributed by atoms with van der Waals surface area (Å²) in [6.45, 7) is -3.88. The predicted molar refractivity (Wildman–Crippen MR) is 117 cm³/mol. The molecule has 1 unspecified atom stereocenters. The quantitative estimate of drug-likeness (QED) is 0.460. The van der Waals surface area contributed by atoms with Crippen molar-refractivity contribution in [2.75, 3.05) is 18.7 Å². The topological polar surface area (TPSA) is 78.0 Å². The number of rotatable bonds is 6. The molecule has 11 heteroatoms. The molecule has 1 aromatic carbocycles. The zero-order chi connectivity index (χ0) is 26.4. The minimum absolute atomic E-state index is 0.0206. The van der Waals surface area contributed by atoms with Gasteiger partial charge in [-0.2, -0.15) is 5.10 Å². The van der Waals surface area contributed by atoms with Crippen LogP contribution >= 0.6 is 23.2 Å². The molecule has 0 bridgehead atoms. The van der Waals surface area contributed by atoms with E-state index < -0.39 is 48.0 Å². The number of hydrogen-bond donors (Lipinski definition) is 2. The highest BCUT2D eigenvalue weighted by atomic mass is 35.5. The third kappa shape index (κ3) is 4.65. The molecule has 1 aliphatic rings. The zero-order valence-corrected chi connectivity index (χ0v) is 17.8. The molecule has 2 aromatic heterocycles. The highest BCUT2D eigenvalue weighted by Crippen LogP contribution is 2.39. The van der Waals surface area contributed by atoms with Crippen molar-refractivity contribution in [3.8, 4) is 16.9 Å². The van der Waals surface area contributed by atoms with Crippen molar-refractivity contribution in [1.29, 1.82) is 0 Å². The molecule has 1 aliphatic heterocycles. The molecule has 1 atom stereocenters. The van der Waals surface area contributed by atoms with Gasteiger partial charge in [-0.3, -0.25) is 4.68 Å². The van der Waals surface area contributed by atoms with Crippen molar-refractivity contribution in [3.05, 3.63) is 58.2 Å². The van der Waals surface area contributed by atoms with Crippen LogP contribution in [0.3, 0.4) is 0 Å². The van der Waals surface area contributed by atoms with Gasteiger partial charge in [0.05, 0.1) is 17.3 Å². The maximum atomic E-state index is 14.0. The number of nitrogen functional groups attached to an aromatic ring is 1. The minimum atomic E-state index is -3.14. The first-order valence-corrected chi connectivity index (χ1v) is 10.2. The fraction of sp³-hybridized carbons (Fsp3) is 0.333. The average Bonchev–Trinajstić information content (AvgIpc) is 3.25. The van der Waals surface area contributed by atoms with Crippen molar-refractivity contribution < 1.29 is 23.4 Å². The lowest BCUT2D eigenvalue weighted by molar-refractivity contribution is 0.0107. The normalized spacial score (nSPS) is 20.8. The number of pyridine rings is 1. The van der Waals surface area contributed by atoms with Crippen molar-refractivity contribution in [1.82, 2.24) is 20.1 Å². The molecule has 0 spiro atoms.